The molecule has 114 valence electrons. The third-order valence-corrected chi connectivity index (χ3v) is 4.91. The average Bonchev–Trinajstić information content (AvgIpc) is 2.76. The summed E-state index contributed by atoms with van der Waals surface area (Å²) in [6.45, 7) is -0.627. The van der Waals surface area contributed by atoms with Gasteiger partial charge in [-0.3, -0.25) is 9.59 Å². The lowest BCUT2D eigenvalue weighted by atomic mass is 10.2. The third-order valence-electron chi connectivity index (χ3n) is 3.16. The maximum atomic E-state index is 12.8. The number of carboxylic acid groups (broad SMARTS) is 1. The molecule has 9 heteroatoms. The zero-order valence-corrected chi connectivity index (χ0v) is 11.7. The van der Waals surface area contributed by atoms with Gasteiger partial charge in [-0.25, -0.2) is 17.8 Å². The summed E-state index contributed by atoms with van der Waals surface area (Å²) in [5.41, 5.74) is -0.123. The van der Waals surface area contributed by atoms with Gasteiger partial charge in [0.1, 0.15) is 18.1 Å². The SMILES string of the molecule is O=C(O)CN(C(=O)c1ccc(F)cn1)C1CCS(=O)(=O)C1. The van der Waals surface area contributed by atoms with Gasteiger partial charge in [-0.15, -0.1) is 0 Å². The minimum atomic E-state index is -3.27. The molecule has 1 aliphatic rings. The van der Waals surface area contributed by atoms with E-state index in [2.05, 4.69) is 4.98 Å². The maximum absolute atomic E-state index is 12.8. The molecule has 0 aliphatic carbocycles. The maximum Gasteiger partial charge on any atom is 0.323 e. The summed E-state index contributed by atoms with van der Waals surface area (Å²) < 4.78 is 35.8. The second kappa shape index (κ2) is 5.76. The molecular formula is C12H13FN2O5S. The van der Waals surface area contributed by atoms with Crippen LogP contribution in [0.25, 0.3) is 0 Å². The molecule has 1 fully saturated rings. The molecule has 2 heterocycles. The third kappa shape index (κ3) is 3.75. The normalized spacial score (nSPS) is 20.1. The summed E-state index contributed by atoms with van der Waals surface area (Å²) >= 11 is 0. The van der Waals surface area contributed by atoms with Gasteiger partial charge in [-0.2, -0.15) is 0 Å². The van der Waals surface area contributed by atoms with Crippen LogP contribution in [0, 0.1) is 5.82 Å². The average molecular weight is 316 g/mol. The van der Waals surface area contributed by atoms with Crippen molar-refractivity contribution in [3.8, 4) is 0 Å². The fourth-order valence-corrected chi connectivity index (χ4v) is 3.91. The molecule has 1 N–H and O–H groups in total. The zero-order chi connectivity index (χ0) is 15.6. The Labute approximate surface area is 120 Å². The monoisotopic (exact) mass is 316 g/mol. The lowest BCUT2D eigenvalue weighted by Crippen LogP contribution is -2.44. The van der Waals surface area contributed by atoms with E-state index in [4.69, 9.17) is 5.11 Å². The van der Waals surface area contributed by atoms with E-state index in [1.165, 1.54) is 0 Å². The van der Waals surface area contributed by atoms with Crippen molar-refractivity contribution in [2.24, 2.45) is 0 Å². The van der Waals surface area contributed by atoms with Crippen LogP contribution < -0.4 is 0 Å². The van der Waals surface area contributed by atoms with Crippen molar-refractivity contribution in [3.05, 3.63) is 29.8 Å². The number of hydrogen-bond donors (Lipinski definition) is 1. The van der Waals surface area contributed by atoms with E-state index in [9.17, 15) is 22.4 Å². The number of halogens is 1. The molecule has 0 saturated carbocycles. The van der Waals surface area contributed by atoms with Gasteiger partial charge in [0.25, 0.3) is 5.91 Å². The highest BCUT2D eigenvalue weighted by Crippen LogP contribution is 2.19. The molecular weight excluding hydrogens is 303 g/mol. The van der Waals surface area contributed by atoms with Gasteiger partial charge in [0.05, 0.1) is 17.7 Å². The molecule has 1 aromatic rings. The summed E-state index contributed by atoms with van der Waals surface area (Å²) in [6.07, 6.45) is 1.03. The number of rotatable bonds is 4. The number of hydrogen-bond acceptors (Lipinski definition) is 5. The number of pyridine rings is 1. The van der Waals surface area contributed by atoms with Crippen molar-refractivity contribution >= 4 is 21.7 Å². The largest absolute Gasteiger partial charge is 0.480 e. The minimum absolute atomic E-state index is 0.0854. The Bertz CT molecular complexity index is 659. The van der Waals surface area contributed by atoms with Gasteiger partial charge < -0.3 is 10.0 Å². The van der Waals surface area contributed by atoms with E-state index in [-0.39, 0.29) is 23.6 Å². The lowest BCUT2D eigenvalue weighted by molar-refractivity contribution is -0.138. The van der Waals surface area contributed by atoms with Crippen LogP contribution in [0.2, 0.25) is 0 Å². The van der Waals surface area contributed by atoms with Gasteiger partial charge in [-0.1, -0.05) is 0 Å². The number of carbonyl (C=O) groups excluding carboxylic acids is 1. The van der Waals surface area contributed by atoms with E-state index in [0.29, 0.717) is 0 Å². The predicted molar refractivity (Wildman–Crippen MR) is 69.9 cm³/mol. The Hall–Kier alpha value is -2.03. The van der Waals surface area contributed by atoms with Crippen molar-refractivity contribution in [3.63, 3.8) is 0 Å². The number of carbonyl (C=O) groups is 2. The quantitative estimate of drug-likeness (QED) is 0.834. The molecule has 1 saturated heterocycles. The first-order valence-electron chi connectivity index (χ1n) is 6.13. The van der Waals surface area contributed by atoms with Crippen molar-refractivity contribution in [2.45, 2.75) is 12.5 Å². The minimum Gasteiger partial charge on any atom is -0.480 e. The van der Waals surface area contributed by atoms with Gasteiger partial charge in [-0.05, 0) is 18.6 Å². The summed E-state index contributed by atoms with van der Waals surface area (Å²) in [7, 11) is -3.27. The number of amides is 1. The van der Waals surface area contributed by atoms with Crippen LogP contribution in [-0.2, 0) is 14.6 Å². The lowest BCUT2D eigenvalue weighted by Gasteiger charge is -2.26. The van der Waals surface area contributed by atoms with Crippen molar-refractivity contribution in [1.82, 2.24) is 9.88 Å². The molecule has 1 atom stereocenters. The number of carboxylic acids is 1. The Morgan fingerprint density at radius 3 is 2.62 bits per heavy atom. The standard InChI is InChI=1S/C12H13FN2O5S/c13-8-1-2-10(14-5-8)12(18)15(6-11(16)17)9-3-4-21(19,20)7-9/h1-2,5,9H,3-4,6-7H2,(H,16,17). The van der Waals surface area contributed by atoms with Crippen LogP contribution in [0.3, 0.4) is 0 Å². The van der Waals surface area contributed by atoms with Crippen molar-refractivity contribution in [1.29, 1.82) is 0 Å². The fourth-order valence-electron chi connectivity index (χ4n) is 2.18. The van der Waals surface area contributed by atoms with Gasteiger partial charge in [0.2, 0.25) is 0 Å². The Balaban J connectivity index is 2.25. The second-order valence-electron chi connectivity index (χ2n) is 4.75. The molecule has 1 aromatic heterocycles. The molecule has 1 aliphatic heterocycles. The molecule has 21 heavy (non-hydrogen) atoms. The molecule has 1 unspecified atom stereocenters. The summed E-state index contributed by atoms with van der Waals surface area (Å²) in [5, 5.41) is 8.89. The summed E-state index contributed by atoms with van der Waals surface area (Å²) in [6, 6.07) is 1.46. The molecule has 7 nitrogen and oxygen atoms in total. The second-order valence-corrected chi connectivity index (χ2v) is 6.97. The predicted octanol–water partition coefficient (Wildman–Crippen LogP) is -0.0654. The smallest absolute Gasteiger partial charge is 0.323 e. The first-order valence-corrected chi connectivity index (χ1v) is 7.95. The Kier molecular flexibility index (Phi) is 4.21. The Morgan fingerprint density at radius 1 is 1.43 bits per heavy atom. The fraction of sp³-hybridized carbons (Fsp3) is 0.417. The van der Waals surface area contributed by atoms with E-state index in [1.54, 1.807) is 0 Å². The molecule has 0 radical (unpaired) electrons. The van der Waals surface area contributed by atoms with Crippen LogP contribution in [0.1, 0.15) is 16.9 Å². The molecule has 2 rings (SSSR count). The number of aliphatic carboxylic acids is 1. The first-order chi connectivity index (χ1) is 9.78. The highest BCUT2D eigenvalue weighted by molar-refractivity contribution is 7.91. The van der Waals surface area contributed by atoms with E-state index < -0.39 is 40.1 Å². The zero-order valence-electron chi connectivity index (χ0n) is 10.9. The molecule has 0 aromatic carbocycles. The molecule has 1 amide bonds. The number of nitrogens with zero attached hydrogens (tertiary/aromatic N) is 2. The highest BCUT2D eigenvalue weighted by atomic mass is 32.2. The summed E-state index contributed by atoms with van der Waals surface area (Å²) in [4.78, 5) is 27.7. The van der Waals surface area contributed by atoms with Gasteiger partial charge in [0, 0.05) is 6.04 Å². The van der Waals surface area contributed by atoms with Crippen molar-refractivity contribution in [2.75, 3.05) is 18.1 Å². The summed E-state index contributed by atoms with van der Waals surface area (Å²) in [5.74, 6) is -2.96. The van der Waals surface area contributed by atoms with Crippen LogP contribution in [-0.4, -0.2) is 59.4 Å². The van der Waals surface area contributed by atoms with Crippen LogP contribution >= 0.6 is 0 Å². The first kappa shape index (κ1) is 15.4. The van der Waals surface area contributed by atoms with Crippen LogP contribution in [0.5, 0.6) is 0 Å². The van der Waals surface area contributed by atoms with Gasteiger partial charge >= 0.3 is 5.97 Å². The number of sulfone groups is 1. The van der Waals surface area contributed by atoms with Crippen LogP contribution in [0.4, 0.5) is 4.39 Å². The molecule has 0 spiro atoms. The topological polar surface area (TPSA) is 105 Å². The molecule has 0 bridgehead atoms. The van der Waals surface area contributed by atoms with Crippen molar-refractivity contribution < 1.29 is 27.5 Å². The van der Waals surface area contributed by atoms with E-state index in [1.807, 2.05) is 0 Å². The van der Waals surface area contributed by atoms with Crippen LogP contribution in [0.15, 0.2) is 18.3 Å². The van der Waals surface area contributed by atoms with E-state index in [0.717, 1.165) is 23.2 Å². The highest BCUT2D eigenvalue weighted by Gasteiger charge is 2.36. The number of aromatic nitrogens is 1. The van der Waals surface area contributed by atoms with E-state index >= 15 is 0 Å². The Morgan fingerprint density at radius 2 is 2.14 bits per heavy atom. The van der Waals surface area contributed by atoms with Gasteiger partial charge in [0.15, 0.2) is 9.84 Å².